The van der Waals surface area contributed by atoms with E-state index in [0.29, 0.717) is 0 Å². The molecular weight excluding hydrogens is 242 g/mol. The van der Waals surface area contributed by atoms with E-state index in [1.54, 1.807) is 0 Å². The van der Waals surface area contributed by atoms with E-state index in [-0.39, 0.29) is 11.5 Å². The molecule has 0 heterocycles. The van der Waals surface area contributed by atoms with Crippen molar-refractivity contribution in [3.8, 4) is 11.1 Å². The first-order valence-corrected chi connectivity index (χ1v) is 7.38. The standard InChI is InChI=1S/C19H25N/c1-5-18(20)16-8-6-7-15(13-16)14-9-11-17(12-10-14)19(2,3)4/h6-13,18H,5,20H2,1-4H3. The topological polar surface area (TPSA) is 26.0 Å². The van der Waals surface area contributed by atoms with Crippen molar-refractivity contribution < 1.29 is 0 Å². The Balaban J connectivity index is 2.32. The molecule has 1 unspecified atom stereocenters. The first kappa shape index (κ1) is 14.8. The Kier molecular flexibility index (Phi) is 4.29. The molecule has 0 saturated carbocycles. The van der Waals surface area contributed by atoms with E-state index in [1.807, 2.05) is 0 Å². The summed E-state index contributed by atoms with van der Waals surface area (Å²) in [6.45, 7) is 8.84. The van der Waals surface area contributed by atoms with Gasteiger partial charge in [-0.3, -0.25) is 0 Å². The molecule has 20 heavy (non-hydrogen) atoms. The Bertz CT molecular complexity index is 561. The van der Waals surface area contributed by atoms with Crippen LogP contribution >= 0.6 is 0 Å². The molecule has 2 rings (SSSR count). The van der Waals surface area contributed by atoms with Gasteiger partial charge in [-0.25, -0.2) is 0 Å². The molecule has 0 aliphatic heterocycles. The maximum Gasteiger partial charge on any atom is 0.0292 e. The monoisotopic (exact) mass is 267 g/mol. The van der Waals surface area contributed by atoms with Crippen molar-refractivity contribution in [1.29, 1.82) is 0 Å². The molecule has 1 atom stereocenters. The highest BCUT2D eigenvalue weighted by atomic mass is 14.6. The second-order valence-corrected chi connectivity index (χ2v) is 6.47. The summed E-state index contributed by atoms with van der Waals surface area (Å²) in [5.41, 5.74) is 11.4. The van der Waals surface area contributed by atoms with Gasteiger partial charge in [0.2, 0.25) is 0 Å². The number of rotatable bonds is 3. The average Bonchev–Trinajstić information content (AvgIpc) is 2.46. The zero-order chi connectivity index (χ0) is 14.8. The van der Waals surface area contributed by atoms with Crippen LogP contribution in [0, 0.1) is 0 Å². The predicted molar refractivity (Wildman–Crippen MR) is 87.8 cm³/mol. The van der Waals surface area contributed by atoms with Crippen molar-refractivity contribution in [3.05, 3.63) is 59.7 Å². The van der Waals surface area contributed by atoms with E-state index >= 15 is 0 Å². The van der Waals surface area contributed by atoms with Crippen molar-refractivity contribution in [2.45, 2.75) is 45.6 Å². The van der Waals surface area contributed by atoms with Gasteiger partial charge in [-0.1, -0.05) is 70.2 Å². The Morgan fingerprint density at radius 2 is 1.60 bits per heavy atom. The molecule has 0 aromatic heterocycles. The number of hydrogen-bond donors (Lipinski definition) is 1. The number of benzene rings is 2. The molecule has 0 saturated heterocycles. The van der Waals surface area contributed by atoms with E-state index in [9.17, 15) is 0 Å². The second-order valence-electron chi connectivity index (χ2n) is 6.47. The van der Waals surface area contributed by atoms with Crippen LogP contribution in [0.1, 0.15) is 51.3 Å². The molecule has 0 amide bonds. The van der Waals surface area contributed by atoms with Crippen LogP contribution in [0.2, 0.25) is 0 Å². The van der Waals surface area contributed by atoms with Gasteiger partial charge in [-0.2, -0.15) is 0 Å². The molecule has 1 heteroatoms. The maximum absolute atomic E-state index is 6.12. The van der Waals surface area contributed by atoms with Crippen molar-refractivity contribution in [2.24, 2.45) is 5.73 Å². The lowest BCUT2D eigenvalue weighted by atomic mass is 9.86. The van der Waals surface area contributed by atoms with Gasteiger partial charge in [-0.05, 0) is 40.2 Å². The first-order valence-electron chi connectivity index (χ1n) is 7.38. The summed E-state index contributed by atoms with van der Waals surface area (Å²) < 4.78 is 0. The maximum atomic E-state index is 6.12. The van der Waals surface area contributed by atoms with Gasteiger partial charge in [0.15, 0.2) is 0 Å². The van der Waals surface area contributed by atoms with Crippen LogP contribution in [-0.2, 0) is 5.41 Å². The summed E-state index contributed by atoms with van der Waals surface area (Å²) in [7, 11) is 0. The molecule has 0 fully saturated rings. The van der Waals surface area contributed by atoms with E-state index in [1.165, 1.54) is 22.3 Å². The summed E-state index contributed by atoms with van der Waals surface area (Å²) in [4.78, 5) is 0. The Hall–Kier alpha value is -1.60. The third kappa shape index (κ3) is 3.29. The van der Waals surface area contributed by atoms with Gasteiger partial charge in [0.05, 0.1) is 0 Å². The summed E-state index contributed by atoms with van der Waals surface area (Å²) in [6.07, 6.45) is 0.965. The van der Waals surface area contributed by atoms with E-state index in [4.69, 9.17) is 5.73 Å². The van der Waals surface area contributed by atoms with Crippen LogP contribution < -0.4 is 5.73 Å². The summed E-state index contributed by atoms with van der Waals surface area (Å²) >= 11 is 0. The fraction of sp³-hybridized carbons (Fsp3) is 0.368. The van der Waals surface area contributed by atoms with Crippen LogP contribution in [0.4, 0.5) is 0 Å². The Morgan fingerprint density at radius 1 is 0.950 bits per heavy atom. The zero-order valence-electron chi connectivity index (χ0n) is 13.0. The highest BCUT2D eigenvalue weighted by Gasteiger charge is 2.13. The third-order valence-electron chi connectivity index (χ3n) is 3.84. The predicted octanol–water partition coefficient (Wildman–Crippen LogP) is 5.06. The van der Waals surface area contributed by atoms with Gasteiger partial charge >= 0.3 is 0 Å². The van der Waals surface area contributed by atoms with Crippen molar-refractivity contribution in [1.82, 2.24) is 0 Å². The lowest BCUT2D eigenvalue weighted by Crippen LogP contribution is -2.10. The van der Waals surface area contributed by atoms with Gasteiger partial charge in [0.25, 0.3) is 0 Å². The molecule has 1 nitrogen and oxygen atoms in total. The van der Waals surface area contributed by atoms with E-state index < -0.39 is 0 Å². The van der Waals surface area contributed by atoms with Crippen LogP contribution in [0.5, 0.6) is 0 Å². The molecular formula is C19H25N. The third-order valence-corrected chi connectivity index (χ3v) is 3.84. The zero-order valence-corrected chi connectivity index (χ0v) is 13.0. The lowest BCUT2D eigenvalue weighted by molar-refractivity contribution is 0.590. The average molecular weight is 267 g/mol. The first-order chi connectivity index (χ1) is 9.41. The van der Waals surface area contributed by atoms with Crippen LogP contribution in [0.15, 0.2) is 48.5 Å². The lowest BCUT2D eigenvalue weighted by Gasteiger charge is -2.19. The fourth-order valence-corrected chi connectivity index (χ4v) is 2.35. The molecule has 2 aromatic rings. The Labute approximate surface area is 122 Å². The summed E-state index contributed by atoms with van der Waals surface area (Å²) in [5.74, 6) is 0. The van der Waals surface area contributed by atoms with Gasteiger partial charge < -0.3 is 5.73 Å². The number of nitrogens with two attached hydrogens (primary N) is 1. The smallest absolute Gasteiger partial charge is 0.0292 e. The highest BCUT2D eigenvalue weighted by molar-refractivity contribution is 5.64. The van der Waals surface area contributed by atoms with Crippen molar-refractivity contribution in [3.63, 3.8) is 0 Å². The van der Waals surface area contributed by atoms with Gasteiger partial charge in [0, 0.05) is 6.04 Å². The minimum atomic E-state index is 0.129. The van der Waals surface area contributed by atoms with Crippen molar-refractivity contribution in [2.75, 3.05) is 0 Å². The summed E-state index contributed by atoms with van der Waals surface area (Å²) in [6, 6.07) is 17.6. The minimum Gasteiger partial charge on any atom is -0.324 e. The summed E-state index contributed by atoms with van der Waals surface area (Å²) in [5, 5.41) is 0. The van der Waals surface area contributed by atoms with Crippen LogP contribution in [0.25, 0.3) is 11.1 Å². The molecule has 0 radical (unpaired) electrons. The van der Waals surface area contributed by atoms with E-state index in [0.717, 1.165) is 6.42 Å². The highest BCUT2D eigenvalue weighted by Crippen LogP contribution is 2.27. The van der Waals surface area contributed by atoms with Gasteiger partial charge in [-0.15, -0.1) is 0 Å². The number of hydrogen-bond acceptors (Lipinski definition) is 1. The molecule has 0 bridgehead atoms. The van der Waals surface area contributed by atoms with Crippen LogP contribution in [-0.4, -0.2) is 0 Å². The van der Waals surface area contributed by atoms with Crippen LogP contribution in [0.3, 0.4) is 0 Å². The van der Waals surface area contributed by atoms with E-state index in [2.05, 4.69) is 76.2 Å². The molecule has 106 valence electrons. The quantitative estimate of drug-likeness (QED) is 0.826. The molecule has 2 N–H and O–H groups in total. The Morgan fingerprint density at radius 3 is 2.15 bits per heavy atom. The largest absolute Gasteiger partial charge is 0.324 e. The SMILES string of the molecule is CCC(N)c1cccc(-c2ccc(C(C)(C)C)cc2)c1. The second kappa shape index (κ2) is 5.80. The normalized spacial score (nSPS) is 13.2. The van der Waals surface area contributed by atoms with Gasteiger partial charge in [0.1, 0.15) is 0 Å². The minimum absolute atomic E-state index is 0.129. The molecule has 2 aromatic carbocycles. The molecule has 0 aliphatic rings. The fourth-order valence-electron chi connectivity index (χ4n) is 2.35. The van der Waals surface area contributed by atoms with Crippen molar-refractivity contribution >= 4 is 0 Å². The molecule has 0 spiro atoms. The molecule has 0 aliphatic carbocycles.